The van der Waals surface area contributed by atoms with Gasteiger partial charge in [0.15, 0.2) is 55.5 Å². The highest BCUT2D eigenvalue weighted by molar-refractivity contribution is 5.95. The van der Waals surface area contributed by atoms with Gasteiger partial charge >= 0.3 is 59.7 Å². The molecule has 50 heteroatoms. The first kappa shape index (κ1) is 121. The van der Waals surface area contributed by atoms with Gasteiger partial charge in [-0.05, 0) is 74.6 Å². The SMILES string of the molecule is CC(=O)NC1C(OCCCCCCNC(=O)CCOCC(COCCC(=O)NCCCCCCOC2OC(COC(C)=O)C(OC(C)=O)C(OC(C)=O)C2NC(C)=O)(COCCC(=O)NCCCCCCOC2OC(COC(C)=O)C(OC(C)=O)C(OC(C)=O)C2NC(C)=O)NC(=O)c2ccc3c(c2)CCN(C(=O)CCCC(=O)Oc2c(F)c(F)c(F)c(F)c2F)C3)OC(COC(C)=O)C(OC(C)=O)C1OC(C)=O. The molecule has 8 amide bonds. The van der Waals surface area contributed by atoms with Gasteiger partial charge in [0.25, 0.3) is 5.91 Å². The van der Waals surface area contributed by atoms with E-state index in [0.29, 0.717) is 88.2 Å². The van der Waals surface area contributed by atoms with Gasteiger partial charge in [-0.1, -0.05) is 44.6 Å². The molecular weight excluding hydrogens is 1930 g/mol. The highest BCUT2D eigenvalue weighted by Gasteiger charge is 2.55. The number of nitrogens with one attached hydrogen (secondary N) is 7. The Kier molecular flexibility index (Phi) is 52.7. The predicted octanol–water partition coefficient (Wildman–Crippen LogP) is 3.78. The van der Waals surface area contributed by atoms with Crippen LogP contribution < -0.4 is 42.0 Å². The molecular formula is C94H133F5N8O37. The van der Waals surface area contributed by atoms with Crippen LogP contribution in [0.3, 0.4) is 0 Å². The monoisotopic (exact) mass is 2060 g/mol. The summed E-state index contributed by atoms with van der Waals surface area (Å²) in [4.78, 5) is 230. The fraction of sp³-hybridized carbons (Fsp3) is 0.681. The Balaban J connectivity index is 1.13. The summed E-state index contributed by atoms with van der Waals surface area (Å²) >= 11 is 0. The van der Waals surface area contributed by atoms with Gasteiger partial charge in [0, 0.05) is 173 Å². The molecule has 4 aliphatic rings. The number of carbonyl (C=O) groups excluding carboxylic acids is 18. The molecule has 4 aliphatic heterocycles. The van der Waals surface area contributed by atoms with E-state index in [1.54, 1.807) is 12.1 Å². The van der Waals surface area contributed by atoms with E-state index in [9.17, 15) is 108 Å². The zero-order valence-corrected chi connectivity index (χ0v) is 82.8. The quantitative estimate of drug-likeness (QED) is 0.00942. The average molecular weight is 2060 g/mol. The summed E-state index contributed by atoms with van der Waals surface area (Å²) in [7, 11) is 0. The van der Waals surface area contributed by atoms with Crippen molar-refractivity contribution in [3.8, 4) is 5.75 Å². The van der Waals surface area contributed by atoms with E-state index < -0.39 is 285 Å². The van der Waals surface area contributed by atoms with E-state index in [1.807, 2.05) is 0 Å². The van der Waals surface area contributed by atoms with Gasteiger partial charge in [-0.3, -0.25) is 86.3 Å². The Labute approximate surface area is 828 Å². The normalized spacial score (nSPS) is 21.5. The molecule has 15 atom stereocenters. The molecule has 4 heterocycles. The summed E-state index contributed by atoms with van der Waals surface area (Å²) in [6, 6.07) is 1.12. The predicted molar refractivity (Wildman–Crippen MR) is 482 cm³/mol. The molecule has 0 spiro atoms. The van der Waals surface area contributed by atoms with Crippen LogP contribution in [0.5, 0.6) is 5.75 Å². The van der Waals surface area contributed by atoms with Crippen molar-refractivity contribution in [1.82, 2.24) is 42.1 Å². The van der Waals surface area contributed by atoms with Gasteiger partial charge in [0.1, 0.15) is 61.8 Å². The molecule has 0 radical (unpaired) electrons. The van der Waals surface area contributed by atoms with Crippen molar-refractivity contribution in [1.29, 1.82) is 0 Å². The number of rotatable bonds is 61. The lowest BCUT2D eigenvalue weighted by atomic mass is 9.95. The maximum absolute atomic E-state index is 14.9. The van der Waals surface area contributed by atoms with E-state index in [0.717, 1.165) is 62.3 Å². The van der Waals surface area contributed by atoms with E-state index in [4.69, 9.17) is 85.3 Å². The second kappa shape index (κ2) is 62.8. The van der Waals surface area contributed by atoms with Gasteiger partial charge in [-0.25, -0.2) is 13.2 Å². The van der Waals surface area contributed by atoms with Crippen molar-refractivity contribution in [2.24, 2.45) is 0 Å². The Morgan fingerprint density at radius 2 is 0.694 bits per heavy atom. The lowest BCUT2D eigenvalue weighted by Crippen LogP contribution is -2.66. The zero-order valence-electron chi connectivity index (χ0n) is 82.8. The van der Waals surface area contributed by atoms with Crippen LogP contribution in [-0.2, 0) is 180 Å². The number of amides is 8. The Bertz CT molecular complexity index is 4340. The third kappa shape index (κ3) is 42.8. The minimum atomic E-state index is -2.46. The minimum Gasteiger partial charge on any atom is -0.463 e. The van der Waals surface area contributed by atoms with Gasteiger partial charge < -0.3 is 132 Å². The maximum Gasteiger partial charge on any atom is 0.311 e. The van der Waals surface area contributed by atoms with Gasteiger partial charge in [-0.2, -0.15) is 8.78 Å². The van der Waals surface area contributed by atoms with Crippen molar-refractivity contribution >= 4 is 107 Å². The number of nitrogens with zero attached hydrogens (tertiary/aromatic N) is 1. The topological polar surface area (TPSA) is 570 Å². The minimum absolute atomic E-state index is 0.0128. The Hall–Kier alpha value is -11.8. The van der Waals surface area contributed by atoms with Crippen LogP contribution in [0.25, 0.3) is 0 Å². The number of halogens is 5. The molecule has 6 rings (SSSR count). The number of hydrogen-bond acceptors (Lipinski definition) is 37. The number of ether oxygens (including phenoxy) is 19. The lowest BCUT2D eigenvalue weighted by molar-refractivity contribution is -0.277. The second-order valence-electron chi connectivity index (χ2n) is 34.5. The molecule has 0 aliphatic carbocycles. The number of fused-ring (bicyclic) bond motifs is 1. The number of esters is 10. The van der Waals surface area contributed by atoms with E-state index >= 15 is 0 Å². The molecule has 3 fully saturated rings. The van der Waals surface area contributed by atoms with Crippen LogP contribution >= 0.6 is 0 Å². The molecule has 7 N–H and O–H groups in total. The molecule has 15 unspecified atom stereocenters. The lowest BCUT2D eigenvalue weighted by Gasteiger charge is -2.44. The second-order valence-corrected chi connectivity index (χ2v) is 34.5. The van der Waals surface area contributed by atoms with Crippen molar-refractivity contribution in [3.05, 3.63) is 64.0 Å². The van der Waals surface area contributed by atoms with E-state index in [2.05, 4.69) is 42.0 Å². The van der Waals surface area contributed by atoms with E-state index in [1.165, 1.54) is 31.7 Å². The molecule has 45 nitrogen and oxygen atoms in total. The van der Waals surface area contributed by atoms with Crippen molar-refractivity contribution < 1.29 is 198 Å². The summed E-state index contributed by atoms with van der Waals surface area (Å²) in [5.74, 6) is -25.9. The molecule has 0 bridgehead atoms. The Morgan fingerprint density at radius 1 is 0.368 bits per heavy atom. The first-order valence-electron chi connectivity index (χ1n) is 47.4. The summed E-state index contributed by atoms with van der Waals surface area (Å²) in [6.45, 7) is 11.3. The summed E-state index contributed by atoms with van der Waals surface area (Å²) in [5.41, 5.74) is -0.351. The van der Waals surface area contributed by atoms with Crippen LogP contribution in [0.15, 0.2) is 18.2 Å². The number of benzene rings is 2. The first-order valence-corrected chi connectivity index (χ1v) is 47.4. The van der Waals surface area contributed by atoms with Crippen molar-refractivity contribution in [2.75, 3.05) is 105 Å². The van der Waals surface area contributed by atoms with Gasteiger partial charge in [-0.15, -0.1) is 0 Å². The van der Waals surface area contributed by atoms with Gasteiger partial charge in [0.05, 0.1) is 39.6 Å². The third-order valence-electron chi connectivity index (χ3n) is 22.2. The molecule has 3 saturated heterocycles. The van der Waals surface area contributed by atoms with Crippen molar-refractivity contribution in [3.63, 3.8) is 0 Å². The van der Waals surface area contributed by atoms with Crippen LogP contribution in [0.1, 0.15) is 220 Å². The summed E-state index contributed by atoms with van der Waals surface area (Å²) in [5, 5.41) is 19.5. The fourth-order valence-corrected chi connectivity index (χ4v) is 15.7. The maximum atomic E-state index is 14.9. The van der Waals surface area contributed by atoms with Crippen LogP contribution in [0, 0.1) is 29.1 Å². The number of hydrogen-bond donors (Lipinski definition) is 7. The summed E-state index contributed by atoms with van der Waals surface area (Å²) < 4.78 is 178. The largest absolute Gasteiger partial charge is 0.463 e. The fourth-order valence-electron chi connectivity index (χ4n) is 15.7. The molecule has 2 aromatic rings. The van der Waals surface area contributed by atoms with E-state index in [-0.39, 0.29) is 116 Å². The third-order valence-corrected chi connectivity index (χ3v) is 22.2. The standard InChI is InChI=1S/C94H133F5N8O37/c1-52(108)103-80-87(138-61(10)117)83(135-58(7)114)67(46-132-55(4)111)141-91(80)129-38-22-16-13-19-34-100-70(120)31-41-126-49-94(106-90(125)65-28-29-66-45-107(37-30-64(66)44-65)73(123)26-25-27-74(124)144-86-78(98)76(96)75(95)77(97)79(86)99,50-127-42-32-71(121)101-35-20-14-17-23-39-130-92-81(104-53(2)109)88(139-62(11)118)84(136-59(8)115)68(142-92)47-133-56(5)112)51-128-43-33-72(122)102-36-21-15-18-24-40-131-93-82(105-54(3)110)89(140-63(12)119)85(137-60(9)116)69(143-93)48-134-57(6)113/h28-29,44,67-69,80-85,87-89,91-93H,13-27,30-43,45-51H2,1-12H3,(H,100,120)(H,101,121)(H,102,122)(H,103,108)(H,104,109)(H,105,110)(H,106,125). The summed E-state index contributed by atoms with van der Waals surface area (Å²) in [6.07, 6.45) is -10.9. The smallest absolute Gasteiger partial charge is 0.311 e. The van der Waals surface area contributed by atoms with Crippen LogP contribution in [0.2, 0.25) is 0 Å². The van der Waals surface area contributed by atoms with Crippen LogP contribution in [0.4, 0.5) is 22.0 Å². The van der Waals surface area contributed by atoms with Crippen LogP contribution in [-0.4, -0.2) is 315 Å². The Morgan fingerprint density at radius 3 is 1.02 bits per heavy atom. The van der Waals surface area contributed by atoms with Crippen molar-refractivity contribution in [2.45, 2.75) is 309 Å². The number of unbranched alkanes of at least 4 members (excludes halogenated alkanes) is 9. The average Bonchev–Trinajstić information content (AvgIpc) is 0.796. The molecule has 806 valence electrons. The zero-order chi connectivity index (χ0) is 106. The molecule has 0 aromatic heterocycles. The highest BCUT2D eigenvalue weighted by Crippen LogP contribution is 2.35. The molecule has 0 saturated carbocycles. The highest BCUT2D eigenvalue weighted by atomic mass is 19.2. The van der Waals surface area contributed by atoms with Gasteiger partial charge in [0.2, 0.25) is 76.2 Å². The molecule has 2 aromatic carbocycles. The number of carbonyl (C=O) groups is 18. The molecule has 144 heavy (non-hydrogen) atoms. The first-order chi connectivity index (χ1) is 68.4.